The molecule has 0 bridgehead atoms. The summed E-state index contributed by atoms with van der Waals surface area (Å²) in [6, 6.07) is 1.76. The molecule has 0 atom stereocenters. The van der Waals surface area contributed by atoms with E-state index in [1.165, 1.54) is 0 Å². The Morgan fingerprint density at radius 2 is 2.12 bits per heavy atom. The normalized spacial score (nSPS) is 17.4. The highest BCUT2D eigenvalue weighted by Gasteiger charge is 2.22. The summed E-state index contributed by atoms with van der Waals surface area (Å²) in [5, 5.41) is 4.13. The lowest BCUT2D eigenvalue weighted by Gasteiger charge is -2.33. The Bertz CT molecular complexity index is 385. The maximum Gasteiger partial charge on any atom is 0.274 e. The second-order valence-electron chi connectivity index (χ2n) is 4.20. The molecule has 1 aromatic rings. The first kappa shape index (κ1) is 12.4. The van der Waals surface area contributed by atoms with Crippen molar-refractivity contribution < 1.29 is 4.79 Å². The third kappa shape index (κ3) is 2.98. The lowest BCUT2D eigenvalue weighted by atomic mass is 10.3. The van der Waals surface area contributed by atoms with E-state index in [0.29, 0.717) is 11.6 Å². The van der Waals surface area contributed by atoms with Crippen LogP contribution in [-0.2, 0) is 7.05 Å². The number of rotatable bonds is 3. The van der Waals surface area contributed by atoms with Crippen molar-refractivity contribution in [3.05, 3.63) is 18.0 Å². The quantitative estimate of drug-likeness (QED) is 0.736. The molecule has 1 aromatic heterocycles. The standard InChI is InChI=1S/C11H17ClN4O/c1-14-4-2-10(13-14)11(17)16-8-6-15(5-3-12)7-9-16/h2,4H,3,5-9H2,1H3. The van der Waals surface area contributed by atoms with Crippen LogP contribution in [-0.4, -0.2) is 64.1 Å². The highest BCUT2D eigenvalue weighted by Crippen LogP contribution is 2.07. The van der Waals surface area contributed by atoms with Crippen LogP contribution in [0, 0.1) is 0 Å². The van der Waals surface area contributed by atoms with Crippen molar-refractivity contribution in [3.63, 3.8) is 0 Å². The SMILES string of the molecule is Cn1ccc(C(=O)N2CCN(CCCl)CC2)n1. The van der Waals surface area contributed by atoms with Gasteiger partial charge >= 0.3 is 0 Å². The number of hydrogen-bond donors (Lipinski definition) is 0. The number of piperazine rings is 1. The number of aromatic nitrogens is 2. The molecule has 0 aliphatic carbocycles. The second kappa shape index (κ2) is 5.51. The minimum absolute atomic E-state index is 0.0242. The molecule has 1 amide bonds. The summed E-state index contributed by atoms with van der Waals surface area (Å²) in [4.78, 5) is 16.2. The summed E-state index contributed by atoms with van der Waals surface area (Å²) < 4.78 is 1.65. The van der Waals surface area contributed by atoms with Crippen molar-refractivity contribution in [2.24, 2.45) is 7.05 Å². The Hall–Kier alpha value is -1.07. The summed E-state index contributed by atoms with van der Waals surface area (Å²) in [5.74, 6) is 0.671. The predicted molar refractivity (Wildman–Crippen MR) is 66.3 cm³/mol. The van der Waals surface area contributed by atoms with E-state index in [1.54, 1.807) is 16.9 Å². The van der Waals surface area contributed by atoms with Crippen LogP contribution in [0.25, 0.3) is 0 Å². The molecule has 0 N–H and O–H groups in total. The van der Waals surface area contributed by atoms with Crippen molar-refractivity contribution >= 4 is 17.5 Å². The largest absolute Gasteiger partial charge is 0.335 e. The molecular weight excluding hydrogens is 240 g/mol. The number of halogens is 1. The topological polar surface area (TPSA) is 41.4 Å². The molecule has 17 heavy (non-hydrogen) atoms. The van der Waals surface area contributed by atoms with Crippen LogP contribution in [0.15, 0.2) is 12.3 Å². The van der Waals surface area contributed by atoms with E-state index < -0.39 is 0 Å². The Balaban J connectivity index is 1.90. The number of hydrogen-bond acceptors (Lipinski definition) is 3. The Labute approximate surface area is 106 Å². The van der Waals surface area contributed by atoms with Crippen LogP contribution in [0.2, 0.25) is 0 Å². The zero-order valence-electron chi connectivity index (χ0n) is 9.97. The zero-order valence-corrected chi connectivity index (χ0v) is 10.7. The van der Waals surface area contributed by atoms with Crippen LogP contribution < -0.4 is 0 Å². The summed E-state index contributed by atoms with van der Waals surface area (Å²) in [5.41, 5.74) is 0.526. The third-order valence-electron chi connectivity index (χ3n) is 2.99. The number of carbonyl (C=O) groups is 1. The summed E-state index contributed by atoms with van der Waals surface area (Å²) in [6.45, 7) is 4.20. The van der Waals surface area contributed by atoms with E-state index in [1.807, 2.05) is 11.9 Å². The summed E-state index contributed by atoms with van der Waals surface area (Å²) in [6.07, 6.45) is 1.79. The van der Waals surface area contributed by atoms with Crippen LogP contribution >= 0.6 is 11.6 Å². The average Bonchev–Trinajstić information content (AvgIpc) is 2.76. The number of aryl methyl sites for hydroxylation is 1. The molecule has 2 heterocycles. The molecule has 0 aromatic carbocycles. The van der Waals surface area contributed by atoms with Gasteiger partial charge in [0, 0.05) is 51.8 Å². The molecule has 94 valence electrons. The van der Waals surface area contributed by atoms with E-state index >= 15 is 0 Å². The van der Waals surface area contributed by atoms with Crippen molar-refractivity contribution in [1.82, 2.24) is 19.6 Å². The predicted octanol–water partition coefficient (Wildman–Crippen LogP) is 0.417. The first-order valence-electron chi connectivity index (χ1n) is 5.78. The molecule has 0 saturated carbocycles. The van der Waals surface area contributed by atoms with Crippen molar-refractivity contribution in [1.29, 1.82) is 0 Å². The molecule has 0 spiro atoms. The first-order valence-corrected chi connectivity index (χ1v) is 6.31. The molecule has 1 fully saturated rings. The monoisotopic (exact) mass is 256 g/mol. The molecule has 2 rings (SSSR count). The number of carbonyl (C=O) groups excluding carboxylic acids is 1. The number of alkyl halides is 1. The Kier molecular flexibility index (Phi) is 4.02. The molecular formula is C11H17ClN4O. The number of amides is 1. The van der Waals surface area contributed by atoms with E-state index in [9.17, 15) is 4.79 Å². The third-order valence-corrected chi connectivity index (χ3v) is 3.16. The van der Waals surface area contributed by atoms with E-state index in [0.717, 1.165) is 32.7 Å². The minimum Gasteiger partial charge on any atom is -0.335 e. The van der Waals surface area contributed by atoms with Gasteiger partial charge in [-0.1, -0.05) is 0 Å². The van der Waals surface area contributed by atoms with Crippen molar-refractivity contribution in [2.45, 2.75) is 0 Å². The number of nitrogens with zero attached hydrogens (tertiary/aromatic N) is 4. The van der Waals surface area contributed by atoms with Gasteiger partial charge in [-0.2, -0.15) is 5.10 Å². The fraction of sp³-hybridized carbons (Fsp3) is 0.636. The van der Waals surface area contributed by atoms with Gasteiger partial charge in [0.2, 0.25) is 0 Å². The van der Waals surface area contributed by atoms with Crippen LogP contribution in [0.4, 0.5) is 0 Å². The maximum atomic E-state index is 12.1. The molecule has 1 aliphatic rings. The lowest BCUT2D eigenvalue weighted by molar-refractivity contribution is 0.0638. The van der Waals surface area contributed by atoms with E-state index in [2.05, 4.69) is 10.00 Å². The Morgan fingerprint density at radius 1 is 1.41 bits per heavy atom. The second-order valence-corrected chi connectivity index (χ2v) is 4.58. The lowest BCUT2D eigenvalue weighted by Crippen LogP contribution is -2.49. The Morgan fingerprint density at radius 3 is 2.65 bits per heavy atom. The highest BCUT2D eigenvalue weighted by molar-refractivity contribution is 6.18. The first-order chi connectivity index (χ1) is 8.20. The van der Waals surface area contributed by atoms with Crippen molar-refractivity contribution in [2.75, 3.05) is 38.6 Å². The molecule has 0 unspecified atom stereocenters. The van der Waals surface area contributed by atoms with Gasteiger partial charge < -0.3 is 4.90 Å². The molecule has 1 saturated heterocycles. The van der Waals surface area contributed by atoms with Gasteiger partial charge in [-0.05, 0) is 6.07 Å². The maximum absolute atomic E-state index is 12.1. The summed E-state index contributed by atoms with van der Waals surface area (Å²) >= 11 is 5.70. The fourth-order valence-electron chi connectivity index (χ4n) is 1.99. The van der Waals surface area contributed by atoms with Crippen molar-refractivity contribution in [3.8, 4) is 0 Å². The van der Waals surface area contributed by atoms with Crippen LogP contribution in [0.5, 0.6) is 0 Å². The fourth-order valence-corrected chi connectivity index (χ4v) is 2.22. The zero-order chi connectivity index (χ0) is 12.3. The van der Waals surface area contributed by atoms with Gasteiger partial charge in [0.1, 0.15) is 5.69 Å². The average molecular weight is 257 g/mol. The van der Waals surface area contributed by atoms with Gasteiger partial charge in [-0.3, -0.25) is 14.4 Å². The molecule has 1 aliphatic heterocycles. The van der Waals surface area contributed by atoms with Gasteiger partial charge in [-0.15, -0.1) is 11.6 Å². The van der Waals surface area contributed by atoms with Crippen LogP contribution in [0.1, 0.15) is 10.5 Å². The van der Waals surface area contributed by atoms with E-state index in [4.69, 9.17) is 11.6 Å². The van der Waals surface area contributed by atoms with Gasteiger partial charge in [-0.25, -0.2) is 0 Å². The molecule has 6 heteroatoms. The minimum atomic E-state index is 0.0242. The molecule has 0 radical (unpaired) electrons. The molecule has 5 nitrogen and oxygen atoms in total. The smallest absolute Gasteiger partial charge is 0.274 e. The van der Waals surface area contributed by atoms with Gasteiger partial charge in [0.15, 0.2) is 0 Å². The van der Waals surface area contributed by atoms with Gasteiger partial charge in [0.25, 0.3) is 5.91 Å². The highest BCUT2D eigenvalue weighted by atomic mass is 35.5. The van der Waals surface area contributed by atoms with E-state index in [-0.39, 0.29) is 5.91 Å². The van der Waals surface area contributed by atoms with Gasteiger partial charge in [0.05, 0.1) is 0 Å². The summed E-state index contributed by atoms with van der Waals surface area (Å²) in [7, 11) is 1.81. The van der Waals surface area contributed by atoms with Crippen LogP contribution in [0.3, 0.4) is 0 Å².